The predicted molar refractivity (Wildman–Crippen MR) is 78.9 cm³/mol. The third-order valence-corrected chi connectivity index (χ3v) is 3.92. The molecule has 1 N–H and O–H groups in total. The van der Waals surface area contributed by atoms with Crippen molar-refractivity contribution in [1.82, 2.24) is 15.3 Å². The molecule has 1 fully saturated rings. The fraction of sp³-hybridized carbons (Fsp3) is 0.357. The minimum atomic E-state index is 0.0178. The highest BCUT2D eigenvalue weighted by Crippen LogP contribution is 2.29. The van der Waals surface area contributed by atoms with Gasteiger partial charge in [-0.3, -0.25) is 4.79 Å². The molecule has 1 amide bonds. The maximum absolute atomic E-state index is 11.7. The van der Waals surface area contributed by atoms with Gasteiger partial charge in [0.1, 0.15) is 12.1 Å². The first kappa shape index (κ1) is 13.1. The Labute approximate surface area is 122 Å². The van der Waals surface area contributed by atoms with Crippen LogP contribution in [0.15, 0.2) is 24.5 Å². The Bertz CT molecular complexity index is 661. The average Bonchev–Trinajstić information content (AvgIpc) is 2.95. The van der Waals surface area contributed by atoms with E-state index in [9.17, 15) is 4.79 Å². The van der Waals surface area contributed by atoms with Crippen LogP contribution in [0.3, 0.4) is 0 Å². The minimum Gasteiger partial charge on any atom is -0.359 e. The number of nitrogens with zero attached hydrogens (tertiary/aromatic N) is 3. The first-order valence-corrected chi connectivity index (χ1v) is 6.93. The van der Waals surface area contributed by atoms with Crippen molar-refractivity contribution in [2.75, 3.05) is 25.0 Å². The third kappa shape index (κ3) is 2.29. The maximum atomic E-state index is 11.7. The van der Waals surface area contributed by atoms with E-state index in [0.29, 0.717) is 11.6 Å². The molecule has 1 unspecified atom stereocenters. The summed E-state index contributed by atoms with van der Waals surface area (Å²) in [7, 11) is 1.67. The second kappa shape index (κ2) is 5.25. The standard InChI is InChI=1S/C14H15ClN4O/c1-16-14(20)9-4-5-19(7-9)13-11-6-10(15)2-3-12(11)17-8-18-13/h2-3,6,8-9H,4-5,7H2,1H3,(H,16,20). The zero-order valence-corrected chi connectivity index (χ0v) is 11.9. The SMILES string of the molecule is CNC(=O)C1CCN(c2ncnc3ccc(Cl)cc23)C1. The van der Waals surface area contributed by atoms with Crippen molar-refractivity contribution in [3.05, 3.63) is 29.5 Å². The van der Waals surface area contributed by atoms with Gasteiger partial charge in [-0.1, -0.05) is 11.6 Å². The fourth-order valence-electron chi connectivity index (χ4n) is 2.64. The number of fused-ring (bicyclic) bond motifs is 1. The zero-order chi connectivity index (χ0) is 14.1. The summed E-state index contributed by atoms with van der Waals surface area (Å²) in [6.07, 6.45) is 2.39. The van der Waals surface area contributed by atoms with Crippen molar-refractivity contribution in [1.29, 1.82) is 0 Å². The molecule has 3 rings (SSSR count). The van der Waals surface area contributed by atoms with Crippen molar-refractivity contribution in [2.45, 2.75) is 6.42 Å². The van der Waals surface area contributed by atoms with Gasteiger partial charge in [0.25, 0.3) is 0 Å². The highest BCUT2D eigenvalue weighted by molar-refractivity contribution is 6.31. The number of carbonyl (C=O) groups excluding carboxylic acids is 1. The summed E-state index contributed by atoms with van der Waals surface area (Å²) >= 11 is 6.06. The number of hydrogen-bond donors (Lipinski definition) is 1. The number of hydrogen-bond acceptors (Lipinski definition) is 4. The molecule has 0 saturated carbocycles. The Morgan fingerprint density at radius 1 is 1.45 bits per heavy atom. The number of nitrogens with one attached hydrogen (secondary N) is 1. The summed E-state index contributed by atoms with van der Waals surface area (Å²) in [5, 5.41) is 4.30. The van der Waals surface area contributed by atoms with Gasteiger partial charge in [-0.15, -0.1) is 0 Å². The molecule has 1 saturated heterocycles. The molecule has 0 spiro atoms. The van der Waals surface area contributed by atoms with E-state index in [1.54, 1.807) is 13.4 Å². The van der Waals surface area contributed by atoms with Gasteiger partial charge in [0.2, 0.25) is 5.91 Å². The Hall–Kier alpha value is -1.88. The van der Waals surface area contributed by atoms with Gasteiger partial charge < -0.3 is 10.2 Å². The predicted octanol–water partition coefficient (Wildman–Crippen LogP) is 1.86. The molecule has 0 aliphatic carbocycles. The smallest absolute Gasteiger partial charge is 0.224 e. The van der Waals surface area contributed by atoms with E-state index >= 15 is 0 Å². The number of anilines is 1. The van der Waals surface area contributed by atoms with E-state index in [2.05, 4.69) is 20.2 Å². The molecule has 2 aromatic rings. The Balaban J connectivity index is 1.95. The van der Waals surface area contributed by atoms with Gasteiger partial charge >= 0.3 is 0 Å². The Kier molecular flexibility index (Phi) is 3.44. The van der Waals surface area contributed by atoms with Crippen LogP contribution in [0.2, 0.25) is 5.02 Å². The molecule has 1 aliphatic heterocycles. The number of carbonyl (C=O) groups is 1. The normalized spacial score (nSPS) is 18.5. The van der Waals surface area contributed by atoms with E-state index < -0.39 is 0 Å². The van der Waals surface area contributed by atoms with Gasteiger partial charge in [0, 0.05) is 30.5 Å². The maximum Gasteiger partial charge on any atom is 0.224 e. The first-order valence-electron chi connectivity index (χ1n) is 6.56. The molecular formula is C14H15ClN4O. The van der Waals surface area contributed by atoms with Crippen LogP contribution in [0, 0.1) is 5.92 Å². The van der Waals surface area contributed by atoms with Crippen LogP contribution in [-0.2, 0) is 4.79 Å². The Morgan fingerprint density at radius 3 is 3.10 bits per heavy atom. The lowest BCUT2D eigenvalue weighted by atomic mass is 10.1. The summed E-state index contributed by atoms with van der Waals surface area (Å²) in [6.45, 7) is 1.50. The number of halogens is 1. The number of rotatable bonds is 2. The van der Waals surface area contributed by atoms with E-state index in [1.165, 1.54) is 0 Å². The van der Waals surface area contributed by atoms with Gasteiger partial charge in [-0.05, 0) is 24.6 Å². The van der Waals surface area contributed by atoms with E-state index in [-0.39, 0.29) is 11.8 Å². The molecule has 2 heterocycles. The topological polar surface area (TPSA) is 58.1 Å². The molecule has 0 radical (unpaired) electrons. The van der Waals surface area contributed by atoms with Crippen molar-refractivity contribution in [3.63, 3.8) is 0 Å². The molecule has 5 nitrogen and oxygen atoms in total. The molecular weight excluding hydrogens is 276 g/mol. The molecule has 1 aliphatic rings. The average molecular weight is 291 g/mol. The van der Waals surface area contributed by atoms with E-state index in [1.807, 2.05) is 18.2 Å². The third-order valence-electron chi connectivity index (χ3n) is 3.68. The van der Waals surface area contributed by atoms with Crippen LogP contribution in [0.1, 0.15) is 6.42 Å². The molecule has 6 heteroatoms. The zero-order valence-electron chi connectivity index (χ0n) is 11.1. The van der Waals surface area contributed by atoms with Crippen molar-refractivity contribution in [3.8, 4) is 0 Å². The second-order valence-electron chi connectivity index (χ2n) is 4.90. The van der Waals surface area contributed by atoms with Crippen molar-refractivity contribution < 1.29 is 4.79 Å². The minimum absolute atomic E-state index is 0.0178. The number of amides is 1. The monoisotopic (exact) mass is 290 g/mol. The lowest BCUT2D eigenvalue weighted by molar-refractivity contribution is -0.123. The largest absolute Gasteiger partial charge is 0.359 e. The number of aromatic nitrogens is 2. The molecule has 1 aromatic carbocycles. The van der Waals surface area contributed by atoms with Crippen LogP contribution < -0.4 is 10.2 Å². The summed E-state index contributed by atoms with van der Waals surface area (Å²) in [5.41, 5.74) is 0.864. The summed E-state index contributed by atoms with van der Waals surface area (Å²) in [5.74, 6) is 0.956. The highest BCUT2D eigenvalue weighted by Gasteiger charge is 2.29. The van der Waals surface area contributed by atoms with Gasteiger partial charge in [0.15, 0.2) is 0 Å². The number of benzene rings is 1. The van der Waals surface area contributed by atoms with Gasteiger partial charge in [0.05, 0.1) is 11.4 Å². The molecule has 104 valence electrons. The van der Waals surface area contributed by atoms with Crippen molar-refractivity contribution in [2.24, 2.45) is 5.92 Å². The van der Waals surface area contributed by atoms with Gasteiger partial charge in [-0.2, -0.15) is 0 Å². The highest BCUT2D eigenvalue weighted by atomic mass is 35.5. The van der Waals surface area contributed by atoms with Crippen LogP contribution >= 0.6 is 11.6 Å². The lowest BCUT2D eigenvalue weighted by Gasteiger charge is -2.18. The molecule has 20 heavy (non-hydrogen) atoms. The van der Waals surface area contributed by atoms with Crippen LogP contribution in [0.25, 0.3) is 10.9 Å². The fourth-order valence-corrected chi connectivity index (χ4v) is 2.81. The second-order valence-corrected chi connectivity index (χ2v) is 5.34. The van der Waals surface area contributed by atoms with Crippen LogP contribution in [0.5, 0.6) is 0 Å². The molecule has 1 atom stereocenters. The quantitative estimate of drug-likeness (QED) is 0.917. The summed E-state index contributed by atoms with van der Waals surface area (Å²) in [6, 6.07) is 5.58. The van der Waals surface area contributed by atoms with Crippen molar-refractivity contribution >= 4 is 34.2 Å². The van der Waals surface area contributed by atoms with E-state index in [0.717, 1.165) is 29.7 Å². The summed E-state index contributed by atoms with van der Waals surface area (Å²) in [4.78, 5) is 22.5. The van der Waals surface area contributed by atoms with Crippen LogP contribution in [0.4, 0.5) is 5.82 Å². The Morgan fingerprint density at radius 2 is 2.30 bits per heavy atom. The molecule has 0 bridgehead atoms. The first-order chi connectivity index (χ1) is 9.69. The summed E-state index contributed by atoms with van der Waals surface area (Å²) < 4.78 is 0. The van der Waals surface area contributed by atoms with E-state index in [4.69, 9.17) is 11.6 Å². The van der Waals surface area contributed by atoms with Gasteiger partial charge in [-0.25, -0.2) is 9.97 Å². The molecule has 1 aromatic heterocycles. The lowest BCUT2D eigenvalue weighted by Crippen LogP contribution is -2.30. The van der Waals surface area contributed by atoms with Crippen LogP contribution in [-0.4, -0.2) is 36.0 Å².